The number of para-hydroxylation sites is 1. The van der Waals surface area contributed by atoms with Gasteiger partial charge in [-0.1, -0.05) is 26.0 Å². The number of aromatic nitrogens is 1. The molecule has 0 bridgehead atoms. The maximum Gasteiger partial charge on any atom is 0.224 e. The Bertz CT molecular complexity index is 1340. The van der Waals surface area contributed by atoms with Gasteiger partial charge in [0.25, 0.3) is 0 Å². The molecule has 0 spiro atoms. The molecule has 206 valence electrons. The van der Waals surface area contributed by atoms with E-state index in [-0.39, 0.29) is 30.5 Å². The Labute approximate surface area is 230 Å². The largest absolute Gasteiger partial charge is 0.366 e. The Hall–Kier alpha value is -3.68. The molecular weight excluding hydrogens is 493 g/mol. The summed E-state index contributed by atoms with van der Waals surface area (Å²) in [7, 11) is 0. The molecule has 2 amide bonds. The van der Waals surface area contributed by atoms with Gasteiger partial charge in [-0.2, -0.15) is 0 Å². The van der Waals surface area contributed by atoms with Crippen LogP contribution in [0.15, 0.2) is 48.5 Å². The van der Waals surface area contributed by atoms with Crippen molar-refractivity contribution in [3.8, 4) is 0 Å². The first-order chi connectivity index (χ1) is 18.8. The number of piperazine rings is 1. The summed E-state index contributed by atoms with van der Waals surface area (Å²) in [5, 5.41) is 3.96. The van der Waals surface area contributed by atoms with Crippen LogP contribution in [0.3, 0.4) is 0 Å². The molecule has 2 atom stereocenters. The van der Waals surface area contributed by atoms with Crippen LogP contribution in [0.5, 0.6) is 0 Å². The van der Waals surface area contributed by atoms with Gasteiger partial charge >= 0.3 is 0 Å². The molecule has 39 heavy (non-hydrogen) atoms. The van der Waals surface area contributed by atoms with Crippen molar-refractivity contribution in [2.75, 3.05) is 54.4 Å². The maximum atomic E-state index is 14.1. The SMILES string of the molecule is Cc1cc(N2C[C@H](C)C[C@H](C)C2)nc2ccc(NC(=O)CCC(=O)N3CCN(c4ccccc4F)CC3)cc12. The zero-order valence-electron chi connectivity index (χ0n) is 23.1. The monoisotopic (exact) mass is 531 g/mol. The molecule has 0 saturated carbocycles. The number of rotatable bonds is 6. The molecule has 0 radical (unpaired) electrons. The minimum Gasteiger partial charge on any atom is -0.366 e. The highest BCUT2D eigenvalue weighted by atomic mass is 19.1. The van der Waals surface area contributed by atoms with E-state index in [9.17, 15) is 14.0 Å². The third-order valence-corrected chi connectivity index (χ3v) is 7.87. The number of hydrogen-bond donors (Lipinski definition) is 1. The number of aryl methyl sites for hydroxylation is 1. The standard InChI is InChI=1S/C31H38FN5O2/c1-21-16-22(2)20-37(19-21)29-17-23(3)25-18-24(8-9-27(25)34-29)33-30(38)10-11-31(39)36-14-12-35(13-15-36)28-7-5-4-6-26(28)32/h4-9,17-18,21-22H,10-16,19-20H2,1-3H3,(H,33,38)/t21-,22+. The maximum absolute atomic E-state index is 14.1. The first kappa shape index (κ1) is 26.9. The first-order valence-corrected chi connectivity index (χ1v) is 14.0. The van der Waals surface area contributed by atoms with E-state index >= 15 is 0 Å². The lowest BCUT2D eigenvalue weighted by Crippen LogP contribution is -2.49. The number of halogens is 1. The topological polar surface area (TPSA) is 68.8 Å². The Balaban J connectivity index is 1.14. The number of benzene rings is 2. The molecule has 2 aromatic carbocycles. The second-order valence-electron chi connectivity index (χ2n) is 11.2. The van der Waals surface area contributed by atoms with E-state index in [0.717, 1.165) is 35.4 Å². The van der Waals surface area contributed by atoms with Crippen molar-refractivity contribution in [3.63, 3.8) is 0 Å². The highest BCUT2D eigenvalue weighted by Gasteiger charge is 2.24. The van der Waals surface area contributed by atoms with Crippen LogP contribution in [0.4, 0.5) is 21.6 Å². The Morgan fingerprint density at radius 3 is 2.38 bits per heavy atom. The molecule has 3 aromatic rings. The number of pyridine rings is 1. The molecule has 2 fully saturated rings. The lowest BCUT2D eigenvalue weighted by molar-refractivity contribution is -0.133. The van der Waals surface area contributed by atoms with Crippen molar-refractivity contribution >= 4 is 39.9 Å². The van der Waals surface area contributed by atoms with E-state index in [2.05, 4.69) is 37.1 Å². The molecule has 1 N–H and O–H groups in total. The van der Waals surface area contributed by atoms with Gasteiger partial charge in [-0.15, -0.1) is 0 Å². The number of nitrogens with zero attached hydrogens (tertiary/aromatic N) is 4. The number of carbonyl (C=O) groups excluding carboxylic acids is 2. The van der Waals surface area contributed by atoms with Crippen LogP contribution in [-0.4, -0.2) is 61.0 Å². The fourth-order valence-corrected chi connectivity index (χ4v) is 5.97. The van der Waals surface area contributed by atoms with Crippen LogP contribution >= 0.6 is 0 Å². The number of piperidine rings is 1. The molecule has 0 aliphatic carbocycles. The molecule has 2 aliphatic rings. The van der Waals surface area contributed by atoms with Crippen molar-refractivity contribution in [1.82, 2.24) is 9.88 Å². The van der Waals surface area contributed by atoms with E-state index in [1.807, 2.05) is 29.2 Å². The lowest BCUT2D eigenvalue weighted by Gasteiger charge is -2.36. The molecule has 2 aliphatic heterocycles. The van der Waals surface area contributed by atoms with Gasteiger partial charge in [-0.05, 0) is 67.1 Å². The summed E-state index contributed by atoms with van der Waals surface area (Å²) >= 11 is 0. The summed E-state index contributed by atoms with van der Waals surface area (Å²) in [4.78, 5) is 36.4. The summed E-state index contributed by atoms with van der Waals surface area (Å²) in [6, 6.07) is 14.6. The van der Waals surface area contributed by atoms with Crippen molar-refractivity contribution in [2.45, 2.75) is 40.0 Å². The van der Waals surface area contributed by atoms with Crippen molar-refractivity contribution in [1.29, 1.82) is 0 Å². The fourth-order valence-electron chi connectivity index (χ4n) is 5.97. The summed E-state index contributed by atoms with van der Waals surface area (Å²) in [5.74, 6) is 1.83. The molecule has 1 aromatic heterocycles. The predicted octanol–water partition coefficient (Wildman–Crippen LogP) is 5.23. The number of nitrogens with one attached hydrogen (secondary N) is 1. The number of carbonyl (C=O) groups is 2. The van der Waals surface area contributed by atoms with Crippen LogP contribution in [0.2, 0.25) is 0 Å². The van der Waals surface area contributed by atoms with Crippen LogP contribution < -0.4 is 15.1 Å². The third-order valence-electron chi connectivity index (χ3n) is 7.87. The van der Waals surface area contributed by atoms with Gasteiger partial charge in [0.1, 0.15) is 11.6 Å². The number of hydrogen-bond acceptors (Lipinski definition) is 5. The van der Waals surface area contributed by atoms with E-state index in [0.29, 0.717) is 49.4 Å². The van der Waals surface area contributed by atoms with Crippen molar-refractivity contribution in [3.05, 3.63) is 59.9 Å². The molecule has 7 nitrogen and oxygen atoms in total. The molecular formula is C31H38FN5O2. The van der Waals surface area contributed by atoms with Gasteiger partial charge in [-0.3, -0.25) is 9.59 Å². The van der Waals surface area contributed by atoms with Gasteiger partial charge in [0.15, 0.2) is 0 Å². The molecule has 2 saturated heterocycles. The van der Waals surface area contributed by atoms with Crippen LogP contribution in [0.1, 0.15) is 38.7 Å². The predicted molar refractivity (Wildman–Crippen MR) is 155 cm³/mol. The number of anilines is 3. The summed E-state index contributed by atoms with van der Waals surface area (Å²) in [6.45, 7) is 10.9. The average Bonchev–Trinajstić information content (AvgIpc) is 2.92. The smallest absolute Gasteiger partial charge is 0.224 e. The van der Waals surface area contributed by atoms with Crippen LogP contribution in [0, 0.1) is 24.6 Å². The minimum absolute atomic E-state index is 0.0502. The molecule has 8 heteroatoms. The highest BCUT2D eigenvalue weighted by Crippen LogP contribution is 2.29. The minimum atomic E-state index is -0.250. The first-order valence-electron chi connectivity index (χ1n) is 14.0. The number of fused-ring (bicyclic) bond motifs is 1. The zero-order chi connectivity index (χ0) is 27.5. The number of amides is 2. The van der Waals surface area contributed by atoms with E-state index in [4.69, 9.17) is 4.98 Å². The highest BCUT2D eigenvalue weighted by molar-refractivity contribution is 5.96. The van der Waals surface area contributed by atoms with E-state index in [1.54, 1.807) is 17.0 Å². The van der Waals surface area contributed by atoms with Crippen molar-refractivity contribution in [2.24, 2.45) is 11.8 Å². The van der Waals surface area contributed by atoms with Gasteiger partial charge in [-0.25, -0.2) is 9.37 Å². The Morgan fingerprint density at radius 2 is 1.67 bits per heavy atom. The summed E-state index contributed by atoms with van der Waals surface area (Å²) in [5.41, 5.74) is 3.31. The van der Waals surface area contributed by atoms with E-state index < -0.39 is 0 Å². The second-order valence-corrected chi connectivity index (χ2v) is 11.2. The third kappa shape index (κ3) is 6.32. The summed E-state index contributed by atoms with van der Waals surface area (Å²) in [6.07, 6.45) is 1.52. The zero-order valence-corrected chi connectivity index (χ0v) is 23.1. The Kier molecular flexibility index (Phi) is 8.00. The van der Waals surface area contributed by atoms with Gasteiger partial charge in [0, 0.05) is 63.2 Å². The molecule has 0 unspecified atom stereocenters. The van der Waals surface area contributed by atoms with Crippen LogP contribution in [-0.2, 0) is 9.59 Å². The molecule has 5 rings (SSSR count). The van der Waals surface area contributed by atoms with Gasteiger partial charge in [0.2, 0.25) is 11.8 Å². The molecule has 3 heterocycles. The average molecular weight is 532 g/mol. The quantitative estimate of drug-likeness (QED) is 0.472. The normalized spacial score (nSPS) is 19.8. The Morgan fingerprint density at radius 1 is 0.949 bits per heavy atom. The van der Waals surface area contributed by atoms with Gasteiger partial charge < -0.3 is 20.0 Å². The fraction of sp³-hybridized carbons (Fsp3) is 0.452. The lowest BCUT2D eigenvalue weighted by atomic mass is 9.92. The summed E-state index contributed by atoms with van der Waals surface area (Å²) < 4.78 is 14.1. The van der Waals surface area contributed by atoms with E-state index in [1.165, 1.54) is 12.5 Å². The van der Waals surface area contributed by atoms with Gasteiger partial charge in [0.05, 0.1) is 11.2 Å². The second kappa shape index (κ2) is 11.6. The van der Waals surface area contributed by atoms with Crippen molar-refractivity contribution < 1.29 is 14.0 Å². The van der Waals surface area contributed by atoms with Crippen LogP contribution in [0.25, 0.3) is 10.9 Å².